The van der Waals surface area contributed by atoms with Crippen LogP contribution in [0, 0.1) is 6.92 Å². The molecular weight excluding hydrogens is 284 g/mol. The van der Waals surface area contributed by atoms with Gasteiger partial charge in [0.25, 0.3) is 0 Å². The van der Waals surface area contributed by atoms with Gasteiger partial charge in [0.2, 0.25) is 16.2 Å². The van der Waals surface area contributed by atoms with E-state index in [-0.39, 0.29) is 11.7 Å². The van der Waals surface area contributed by atoms with Gasteiger partial charge in [-0.2, -0.15) is 0 Å². The number of nitrogens with one attached hydrogen (secondary N) is 2. The zero-order valence-corrected chi connectivity index (χ0v) is 12.3. The van der Waals surface area contributed by atoms with E-state index < -0.39 is 0 Å². The summed E-state index contributed by atoms with van der Waals surface area (Å²) in [4.78, 5) is 15.8. The van der Waals surface area contributed by atoms with Crippen molar-refractivity contribution in [3.63, 3.8) is 0 Å². The highest BCUT2D eigenvalue weighted by molar-refractivity contribution is 7.99. The Morgan fingerprint density at radius 2 is 2.32 bits per heavy atom. The van der Waals surface area contributed by atoms with Gasteiger partial charge in [0.15, 0.2) is 0 Å². The Morgan fingerprint density at radius 3 is 3.00 bits per heavy atom. The summed E-state index contributed by atoms with van der Waals surface area (Å²) in [6, 6.07) is 0. The SMILES string of the molecule is CCCc1nnc(NC(=O)CSc2n[nH]c(C)n2)s1. The van der Waals surface area contributed by atoms with Crippen LogP contribution in [0.2, 0.25) is 0 Å². The van der Waals surface area contributed by atoms with Gasteiger partial charge in [-0.25, -0.2) is 4.98 Å². The number of thioether (sulfide) groups is 1. The van der Waals surface area contributed by atoms with E-state index in [0.29, 0.717) is 10.3 Å². The second kappa shape index (κ2) is 6.62. The third-order valence-electron chi connectivity index (χ3n) is 2.09. The first-order valence-corrected chi connectivity index (χ1v) is 7.61. The van der Waals surface area contributed by atoms with Crippen LogP contribution in [0.1, 0.15) is 24.2 Å². The van der Waals surface area contributed by atoms with Crippen LogP contribution in [-0.2, 0) is 11.2 Å². The summed E-state index contributed by atoms with van der Waals surface area (Å²) in [5, 5.41) is 19.4. The highest BCUT2D eigenvalue weighted by Crippen LogP contribution is 2.17. The number of H-pyrrole nitrogens is 1. The van der Waals surface area contributed by atoms with E-state index in [2.05, 4.69) is 37.6 Å². The fraction of sp³-hybridized carbons (Fsp3) is 0.500. The molecule has 102 valence electrons. The number of anilines is 1. The number of amides is 1. The predicted molar refractivity (Wildman–Crippen MR) is 74.4 cm³/mol. The Morgan fingerprint density at radius 1 is 1.47 bits per heavy atom. The maximum Gasteiger partial charge on any atom is 0.236 e. The quantitative estimate of drug-likeness (QED) is 0.787. The van der Waals surface area contributed by atoms with Crippen LogP contribution in [0.5, 0.6) is 0 Å². The van der Waals surface area contributed by atoms with E-state index in [1.807, 2.05) is 6.92 Å². The molecule has 2 heterocycles. The maximum atomic E-state index is 11.7. The van der Waals surface area contributed by atoms with E-state index in [0.717, 1.165) is 23.7 Å². The number of rotatable bonds is 6. The minimum Gasteiger partial charge on any atom is -0.300 e. The first-order chi connectivity index (χ1) is 9.17. The van der Waals surface area contributed by atoms with E-state index in [1.165, 1.54) is 23.1 Å². The number of hydrogen-bond acceptors (Lipinski definition) is 7. The molecule has 0 radical (unpaired) electrons. The van der Waals surface area contributed by atoms with Gasteiger partial charge in [-0.1, -0.05) is 30.0 Å². The van der Waals surface area contributed by atoms with E-state index >= 15 is 0 Å². The molecule has 2 N–H and O–H groups in total. The van der Waals surface area contributed by atoms with Crippen LogP contribution in [0.25, 0.3) is 0 Å². The largest absolute Gasteiger partial charge is 0.300 e. The van der Waals surface area contributed by atoms with Gasteiger partial charge in [-0.05, 0) is 13.3 Å². The molecule has 9 heteroatoms. The van der Waals surface area contributed by atoms with E-state index in [4.69, 9.17) is 0 Å². The number of carbonyl (C=O) groups is 1. The van der Waals surface area contributed by atoms with Crippen LogP contribution in [0.15, 0.2) is 5.16 Å². The van der Waals surface area contributed by atoms with E-state index in [9.17, 15) is 4.79 Å². The average molecular weight is 298 g/mol. The van der Waals surface area contributed by atoms with Crippen molar-refractivity contribution in [1.29, 1.82) is 0 Å². The lowest BCUT2D eigenvalue weighted by molar-refractivity contribution is -0.113. The van der Waals surface area contributed by atoms with Crippen LogP contribution in [-0.4, -0.2) is 37.0 Å². The Kier molecular flexibility index (Phi) is 4.86. The number of aromatic nitrogens is 5. The van der Waals surface area contributed by atoms with Crippen LogP contribution in [0.4, 0.5) is 5.13 Å². The summed E-state index contributed by atoms with van der Waals surface area (Å²) >= 11 is 2.69. The molecule has 0 spiro atoms. The minimum atomic E-state index is -0.133. The van der Waals surface area contributed by atoms with Crippen LogP contribution >= 0.6 is 23.1 Å². The molecule has 0 aliphatic rings. The van der Waals surface area contributed by atoms with Gasteiger partial charge in [-0.15, -0.1) is 15.3 Å². The molecule has 2 rings (SSSR count). The molecule has 0 aliphatic heterocycles. The molecule has 0 saturated carbocycles. The van der Waals surface area contributed by atoms with E-state index in [1.54, 1.807) is 0 Å². The number of nitrogens with zero attached hydrogens (tertiary/aromatic N) is 4. The molecule has 1 amide bonds. The Hall–Kier alpha value is -1.48. The second-order valence-corrected chi connectivity index (χ2v) is 5.80. The minimum absolute atomic E-state index is 0.133. The summed E-state index contributed by atoms with van der Waals surface area (Å²) in [6.07, 6.45) is 1.90. The summed E-state index contributed by atoms with van der Waals surface area (Å²) in [7, 11) is 0. The molecular formula is C10H14N6OS2. The Balaban J connectivity index is 1.80. The molecule has 0 unspecified atom stereocenters. The zero-order valence-electron chi connectivity index (χ0n) is 10.6. The first kappa shape index (κ1) is 13.9. The highest BCUT2D eigenvalue weighted by atomic mass is 32.2. The fourth-order valence-corrected chi connectivity index (χ4v) is 2.79. The van der Waals surface area contributed by atoms with Crippen molar-refractivity contribution in [3.8, 4) is 0 Å². The third-order valence-corrected chi connectivity index (χ3v) is 3.83. The molecule has 2 aromatic rings. The van der Waals surface area contributed by atoms with Gasteiger partial charge in [-0.3, -0.25) is 15.2 Å². The molecule has 0 aliphatic carbocycles. The van der Waals surface area contributed by atoms with Gasteiger partial charge in [0.05, 0.1) is 5.75 Å². The van der Waals surface area contributed by atoms with Crippen LogP contribution < -0.4 is 5.32 Å². The fourth-order valence-electron chi connectivity index (χ4n) is 1.29. The zero-order chi connectivity index (χ0) is 13.7. The van der Waals surface area contributed by atoms with Crippen LogP contribution in [0.3, 0.4) is 0 Å². The summed E-state index contributed by atoms with van der Waals surface area (Å²) < 4.78 is 0. The monoisotopic (exact) mass is 298 g/mol. The maximum absolute atomic E-state index is 11.7. The smallest absolute Gasteiger partial charge is 0.236 e. The van der Waals surface area contributed by atoms with Crippen molar-refractivity contribution >= 4 is 34.1 Å². The van der Waals surface area contributed by atoms with Gasteiger partial charge >= 0.3 is 0 Å². The summed E-state index contributed by atoms with van der Waals surface area (Å²) in [5.41, 5.74) is 0. The number of carbonyl (C=O) groups excluding carboxylic acids is 1. The topological polar surface area (TPSA) is 96.5 Å². The van der Waals surface area contributed by atoms with Crippen molar-refractivity contribution < 1.29 is 4.79 Å². The Labute approximate surface area is 118 Å². The lowest BCUT2D eigenvalue weighted by Crippen LogP contribution is -2.13. The first-order valence-electron chi connectivity index (χ1n) is 5.81. The molecule has 2 aromatic heterocycles. The number of aryl methyl sites for hydroxylation is 2. The molecule has 0 saturated heterocycles. The second-order valence-electron chi connectivity index (χ2n) is 3.79. The Bertz CT molecular complexity index is 552. The molecule has 0 atom stereocenters. The van der Waals surface area contributed by atoms with Gasteiger partial charge in [0, 0.05) is 6.42 Å². The average Bonchev–Trinajstić information content (AvgIpc) is 2.97. The number of hydrogen-bond donors (Lipinski definition) is 2. The van der Waals surface area contributed by atoms with Crippen molar-refractivity contribution in [2.24, 2.45) is 0 Å². The molecule has 0 fully saturated rings. The van der Waals surface area contributed by atoms with Gasteiger partial charge < -0.3 is 0 Å². The van der Waals surface area contributed by atoms with Crippen molar-refractivity contribution in [1.82, 2.24) is 25.4 Å². The lowest BCUT2D eigenvalue weighted by atomic mass is 10.4. The number of aromatic amines is 1. The summed E-state index contributed by atoms with van der Waals surface area (Å²) in [5.74, 6) is 0.850. The molecule has 0 bridgehead atoms. The van der Waals surface area contributed by atoms with Crippen molar-refractivity contribution in [2.75, 3.05) is 11.1 Å². The normalized spacial score (nSPS) is 10.6. The standard InChI is InChI=1S/C10H14N6OS2/c1-3-4-8-14-16-10(19-8)12-7(17)5-18-9-11-6(2)13-15-9/h3-5H2,1-2H3,(H,11,13,15)(H,12,16,17). The molecule has 19 heavy (non-hydrogen) atoms. The molecule has 0 aromatic carbocycles. The third kappa shape index (κ3) is 4.28. The lowest BCUT2D eigenvalue weighted by Gasteiger charge is -1.98. The molecule has 7 nitrogen and oxygen atoms in total. The predicted octanol–water partition coefficient (Wildman–Crippen LogP) is 1.65. The van der Waals surface area contributed by atoms with Crippen molar-refractivity contribution in [2.45, 2.75) is 31.8 Å². The summed E-state index contributed by atoms with van der Waals surface area (Å²) in [6.45, 7) is 3.89. The van der Waals surface area contributed by atoms with Crippen molar-refractivity contribution in [3.05, 3.63) is 10.8 Å². The van der Waals surface area contributed by atoms with Gasteiger partial charge in [0.1, 0.15) is 10.8 Å². The highest BCUT2D eigenvalue weighted by Gasteiger charge is 2.09.